The Hall–Kier alpha value is -1.55. The minimum Gasteiger partial charge on any atom is -0.395 e. The summed E-state index contributed by atoms with van der Waals surface area (Å²) in [6, 6.07) is 7.88. The Balaban J connectivity index is 1.90. The molecule has 1 amide bonds. The van der Waals surface area contributed by atoms with Crippen LogP contribution >= 0.6 is 0 Å². The highest BCUT2D eigenvalue weighted by atomic mass is 16.3. The molecule has 0 saturated carbocycles. The molecule has 0 saturated heterocycles. The molecule has 116 valence electrons. The van der Waals surface area contributed by atoms with Crippen molar-refractivity contribution in [1.82, 2.24) is 4.90 Å². The van der Waals surface area contributed by atoms with E-state index in [1.54, 1.807) is 4.90 Å². The Morgan fingerprint density at radius 1 is 1.29 bits per heavy atom. The second-order valence-electron chi connectivity index (χ2n) is 5.67. The number of nitrogens with one attached hydrogen (secondary N) is 1. The van der Waals surface area contributed by atoms with Crippen LogP contribution in [0.4, 0.5) is 5.69 Å². The number of hydrogen-bond donors (Lipinski definition) is 2. The van der Waals surface area contributed by atoms with Crippen molar-refractivity contribution < 1.29 is 9.90 Å². The average Bonchev–Trinajstić information content (AvgIpc) is 2.93. The lowest BCUT2D eigenvalue weighted by atomic mass is 10.1. The fraction of sp³-hybridized carbons (Fsp3) is 0.588. The van der Waals surface area contributed by atoms with Crippen molar-refractivity contribution >= 4 is 11.6 Å². The van der Waals surface area contributed by atoms with Crippen molar-refractivity contribution in [3.8, 4) is 0 Å². The van der Waals surface area contributed by atoms with Crippen LogP contribution in [0, 0.1) is 0 Å². The summed E-state index contributed by atoms with van der Waals surface area (Å²) in [5.74, 6) is 0.108. The molecule has 0 aliphatic carbocycles. The van der Waals surface area contributed by atoms with Gasteiger partial charge in [-0.1, -0.05) is 44.4 Å². The van der Waals surface area contributed by atoms with E-state index in [0.29, 0.717) is 6.54 Å². The summed E-state index contributed by atoms with van der Waals surface area (Å²) in [5.41, 5.74) is 2.26. The molecule has 4 nitrogen and oxygen atoms in total. The van der Waals surface area contributed by atoms with Gasteiger partial charge in [0.25, 0.3) is 0 Å². The fourth-order valence-corrected chi connectivity index (χ4v) is 2.85. The Kier molecular flexibility index (Phi) is 6.05. The van der Waals surface area contributed by atoms with Gasteiger partial charge in [0.2, 0.25) is 5.91 Å². The third-order valence-corrected chi connectivity index (χ3v) is 4.03. The van der Waals surface area contributed by atoms with Crippen molar-refractivity contribution in [2.24, 2.45) is 0 Å². The monoisotopic (exact) mass is 290 g/mol. The Morgan fingerprint density at radius 2 is 2.10 bits per heavy atom. The van der Waals surface area contributed by atoms with Crippen molar-refractivity contribution in [2.75, 3.05) is 25.0 Å². The standard InChI is InChI=1S/C17H26N2O2/c1-2-3-4-7-10-19(11-12-20)17(21)16-13-14-8-5-6-9-15(14)18-16/h5-6,8-9,16,18,20H,2-4,7,10-13H2,1H3/t16-/m0/s1. The molecular weight excluding hydrogens is 264 g/mol. The average molecular weight is 290 g/mol. The summed E-state index contributed by atoms with van der Waals surface area (Å²) in [6.07, 6.45) is 5.29. The van der Waals surface area contributed by atoms with E-state index < -0.39 is 0 Å². The van der Waals surface area contributed by atoms with Crippen molar-refractivity contribution in [3.63, 3.8) is 0 Å². The number of carbonyl (C=O) groups is 1. The zero-order chi connectivity index (χ0) is 15.1. The number of benzene rings is 1. The first-order valence-corrected chi connectivity index (χ1v) is 8.00. The third-order valence-electron chi connectivity index (χ3n) is 4.03. The molecule has 1 heterocycles. The van der Waals surface area contributed by atoms with Gasteiger partial charge < -0.3 is 15.3 Å². The van der Waals surface area contributed by atoms with Crippen LogP contribution in [0.1, 0.15) is 38.2 Å². The highest BCUT2D eigenvalue weighted by Gasteiger charge is 2.29. The summed E-state index contributed by atoms with van der Waals surface area (Å²) in [5, 5.41) is 12.5. The van der Waals surface area contributed by atoms with Gasteiger partial charge in [-0.3, -0.25) is 4.79 Å². The lowest BCUT2D eigenvalue weighted by Gasteiger charge is -2.25. The minimum atomic E-state index is -0.180. The van der Waals surface area contributed by atoms with Gasteiger partial charge in [0.15, 0.2) is 0 Å². The number of unbranched alkanes of at least 4 members (excludes halogenated alkanes) is 3. The van der Waals surface area contributed by atoms with Crippen molar-refractivity contribution in [1.29, 1.82) is 0 Å². The number of fused-ring (bicyclic) bond motifs is 1. The molecule has 1 atom stereocenters. The van der Waals surface area contributed by atoms with E-state index in [9.17, 15) is 9.90 Å². The normalized spacial score (nSPS) is 16.4. The summed E-state index contributed by atoms with van der Waals surface area (Å²) in [6.45, 7) is 3.38. The zero-order valence-corrected chi connectivity index (χ0v) is 12.8. The second kappa shape index (κ2) is 8.03. The largest absolute Gasteiger partial charge is 0.395 e. The van der Waals surface area contributed by atoms with Crippen molar-refractivity contribution in [3.05, 3.63) is 29.8 Å². The molecule has 0 radical (unpaired) electrons. The predicted molar refractivity (Wildman–Crippen MR) is 85.4 cm³/mol. The predicted octanol–water partition coefficient (Wildman–Crippen LogP) is 2.42. The van der Waals surface area contributed by atoms with Gasteiger partial charge in [0.05, 0.1) is 6.61 Å². The number of hydrogen-bond acceptors (Lipinski definition) is 3. The first kappa shape index (κ1) is 15.8. The lowest BCUT2D eigenvalue weighted by Crippen LogP contribution is -2.43. The van der Waals surface area contributed by atoms with E-state index in [4.69, 9.17) is 0 Å². The molecule has 0 aromatic heterocycles. The first-order valence-electron chi connectivity index (χ1n) is 8.00. The molecule has 0 fully saturated rings. The molecular formula is C17H26N2O2. The van der Waals surface area contributed by atoms with Gasteiger partial charge in [-0.05, 0) is 18.1 Å². The highest BCUT2D eigenvalue weighted by Crippen LogP contribution is 2.26. The Morgan fingerprint density at radius 3 is 2.81 bits per heavy atom. The van der Waals surface area contributed by atoms with Crippen LogP contribution in [-0.4, -0.2) is 41.7 Å². The van der Waals surface area contributed by atoms with Crippen LogP contribution in [0.25, 0.3) is 0 Å². The maximum Gasteiger partial charge on any atom is 0.245 e. The third kappa shape index (κ3) is 4.21. The summed E-state index contributed by atoms with van der Waals surface area (Å²) >= 11 is 0. The van der Waals surface area contributed by atoms with E-state index in [1.807, 2.05) is 18.2 Å². The molecule has 21 heavy (non-hydrogen) atoms. The molecule has 0 unspecified atom stereocenters. The smallest absolute Gasteiger partial charge is 0.245 e. The Labute approximate surface area is 127 Å². The van der Waals surface area contributed by atoms with Crippen LogP contribution in [0.3, 0.4) is 0 Å². The number of amides is 1. The quantitative estimate of drug-likeness (QED) is 0.723. The summed E-state index contributed by atoms with van der Waals surface area (Å²) in [4.78, 5) is 14.4. The number of aliphatic hydroxyl groups is 1. The lowest BCUT2D eigenvalue weighted by molar-refractivity contribution is -0.132. The number of nitrogens with zero attached hydrogens (tertiary/aromatic N) is 1. The maximum atomic E-state index is 12.6. The molecule has 2 rings (SSSR count). The van der Waals surface area contributed by atoms with E-state index in [-0.39, 0.29) is 18.6 Å². The second-order valence-corrected chi connectivity index (χ2v) is 5.67. The van der Waals surface area contributed by atoms with E-state index in [1.165, 1.54) is 18.4 Å². The molecule has 1 aromatic carbocycles. The van der Waals surface area contributed by atoms with E-state index >= 15 is 0 Å². The van der Waals surface area contributed by atoms with Gasteiger partial charge in [0.1, 0.15) is 6.04 Å². The fourth-order valence-electron chi connectivity index (χ4n) is 2.85. The minimum absolute atomic E-state index is 0.0270. The van der Waals surface area contributed by atoms with Crippen LogP contribution in [0.2, 0.25) is 0 Å². The molecule has 0 bridgehead atoms. The van der Waals surface area contributed by atoms with E-state index in [2.05, 4.69) is 18.3 Å². The number of carbonyl (C=O) groups excluding carboxylic acids is 1. The zero-order valence-electron chi connectivity index (χ0n) is 12.8. The number of para-hydroxylation sites is 1. The van der Waals surface area contributed by atoms with Crippen LogP contribution in [0.15, 0.2) is 24.3 Å². The van der Waals surface area contributed by atoms with Crippen LogP contribution in [0.5, 0.6) is 0 Å². The topological polar surface area (TPSA) is 52.6 Å². The van der Waals surface area contributed by atoms with Crippen LogP contribution in [-0.2, 0) is 11.2 Å². The molecule has 0 spiro atoms. The van der Waals surface area contributed by atoms with Gasteiger partial charge in [-0.2, -0.15) is 0 Å². The number of aliphatic hydroxyl groups excluding tert-OH is 1. The van der Waals surface area contributed by atoms with Gasteiger partial charge in [0, 0.05) is 25.2 Å². The SMILES string of the molecule is CCCCCCN(CCO)C(=O)[C@@H]1Cc2ccccc2N1. The highest BCUT2D eigenvalue weighted by molar-refractivity contribution is 5.87. The molecule has 1 aliphatic heterocycles. The summed E-state index contributed by atoms with van der Waals surface area (Å²) in [7, 11) is 0. The number of rotatable bonds is 8. The first-order chi connectivity index (χ1) is 10.3. The van der Waals surface area contributed by atoms with Crippen molar-refractivity contribution in [2.45, 2.75) is 45.1 Å². The molecule has 1 aliphatic rings. The van der Waals surface area contributed by atoms with Gasteiger partial charge in [-0.25, -0.2) is 0 Å². The van der Waals surface area contributed by atoms with Crippen LogP contribution < -0.4 is 5.32 Å². The molecule has 2 N–H and O–H groups in total. The van der Waals surface area contributed by atoms with Gasteiger partial charge in [-0.15, -0.1) is 0 Å². The number of anilines is 1. The molecule has 4 heteroatoms. The molecule has 1 aromatic rings. The summed E-state index contributed by atoms with van der Waals surface area (Å²) < 4.78 is 0. The Bertz CT molecular complexity index is 437. The maximum absolute atomic E-state index is 12.6. The van der Waals surface area contributed by atoms with E-state index in [0.717, 1.165) is 31.5 Å². The van der Waals surface area contributed by atoms with Gasteiger partial charge >= 0.3 is 0 Å².